The van der Waals surface area contributed by atoms with Gasteiger partial charge < -0.3 is 16.0 Å². The number of carbonyl (C=O) groups is 2. The first-order chi connectivity index (χ1) is 9.13. The molecule has 0 heterocycles. The van der Waals surface area contributed by atoms with Crippen molar-refractivity contribution < 1.29 is 9.59 Å². The summed E-state index contributed by atoms with van der Waals surface area (Å²) < 4.78 is 0. The van der Waals surface area contributed by atoms with E-state index in [2.05, 4.69) is 16.0 Å². The summed E-state index contributed by atoms with van der Waals surface area (Å²) in [6.45, 7) is 1.45. The lowest BCUT2D eigenvalue weighted by Gasteiger charge is -2.13. The molecule has 0 radical (unpaired) electrons. The van der Waals surface area contributed by atoms with Crippen LogP contribution in [0.15, 0.2) is 24.3 Å². The Kier molecular flexibility index (Phi) is 4.39. The van der Waals surface area contributed by atoms with E-state index >= 15 is 0 Å². The predicted octanol–water partition coefficient (Wildman–Crippen LogP) is 2.71. The van der Waals surface area contributed by atoms with Gasteiger partial charge in [-0.15, -0.1) is 0 Å². The first-order valence-electron chi connectivity index (χ1n) is 6.58. The van der Waals surface area contributed by atoms with Gasteiger partial charge in [0.1, 0.15) is 0 Å². The average Bonchev–Trinajstić information content (AvgIpc) is 2.81. The summed E-state index contributed by atoms with van der Waals surface area (Å²) in [6.07, 6.45) is 4.48. The summed E-state index contributed by atoms with van der Waals surface area (Å²) in [6, 6.07) is 7.19. The first kappa shape index (κ1) is 13.4. The normalized spacial score (nSPS) is 15.0. The van der Waals surface area contributed by atoms with Crippen LogP contribution in [0, 0.1) is 0 Å². The summed E-state index contributed by atoms with van der Waals surface area (Å²) in [7, 11) is 0. The highest BCUT2D eigenvalue weighted by molar-refractivity contribution is 5.92. The van der Waals surface area contributed by atoms with E-state index in [1.807, 2.05) is 0 Å². The zero-order valence-corrected chi connectivity index (χ0v) is 11.0. The Morgan fingerprint density at radius 3 is 2.37 bits per heavy atom. The summed E-state index contributed by atoms with van der Waals surface area (Å²) in [5.74, 6) is -0.132. The van der Waals surface area contributed by atoms with E-state index in [4.69, 9.17) is 0 Å². The third kappa shape index (κ3) is 4.28. The average molecular weight is 261 g/mol. The molecule has 1 saturated carbocycles. The maximum atomic E-state index is 11.8. The molecular formula is C14H19N3O2. The molecule has 2 rings (SSSR count). The number of anilines is 2. The predicted molar refractivity (Wildman–Crippen MR) is 75.2 cm³/mol. The van der Waals surface area contributed by atoms with E-state index < -0.39 is 0 Å². The molecule has 1 fully saturated rings. The molecule has 5 heteroatoms. The van der Waals surface area contributed by atoms with Gasteiger partial charge in [-0.25, -0.2) is 4.79 Å². The van der Waals surface area contributed by atoms with Crippen LogP contribution < -0.4 is 16.0 Å². The summed E-state index contributed by atoms with van der Waals surface area (Å²) >= 11 is 0. The van der Waals surface area contributed by atoms with Crippen molar-refractivity contribution >= 4 is 23.3 Å². The molecule has 3 amide bonds. The van der Waals surface area contributed by atoms with Gasteiger partial charge in [0.25, 0.3) is 0 Å². The first-order valence-corrected chi connectivity index (χ1v) is 6.58. The molecule has 3 N–H and O–H groups in total. The molecule has 0 bridgehead atoms. The maximum Gasteiger partial charge on any atom is 0.319 e. The topological polar surface area (TPSA) is 70.2 Å². The van der Waals surface area contributed by atoms with Gasteiger partial charge in [0.15, 0.2) is 0 Å². The van der Waals surface area contributed by atoms with Crippen LogP contribution in [0.4, 0.5) is 16.2 Å². The highest BCUT2D eigenvalue weighted by atomic mass is 16.2. The van der Waals surface area contributed by atoms with Gasteiger partial charge >= 0.3 is 6.03 Å². The Hall–Kier alpha value is -2.04. The largest absolute Gasteiger partial charge is 0.335 e. The molecule has 0 atom stereocenters. The molecule has 0 saturated heterocycles. The van der Waals surface area contributed by atoms with E-state index in [0.717, 1.165) is 12.8 Å². The molecule has 1 aliphatic rings. The van der Waals surface area contributed by atoms with E-state index in [0.29, 0.717) is 17.4 Å². The monoisotopic (exact) mass is 261 g/mol. The molecule has 1 aromatic carbocycles. The number of amides is 3. The number of benzene rings is 1. The number of urea groups is 1. The molecule has 1 aliphatic carbocycles. The van der Waals surface area contributed by atoms with Gasteiger partial charge in [-0.05, 0) is 31.0 Å². The highest BCUT2D eigenvalue weighted by Crippen LogP contribution is 2.18. The minimum absolute atomic E-state index is 0.132. The SMILES string of the molecule is CC(=O)Nc1cccc(NC(=O)NC2CCCC2)c1. The fourth-order valence-corrected chi connectivity index (χ4v) is 2.30. The molecule has 0 aromatic heterocycles. The number of carbonyl (C=O) groups excluding carboxylic acids is 2. The van der Waals surface area contributed by atoms with E-state index in [9.17, 15) is 9.59 Å². The molecule has 0 unspecified atom stereocenters. The number of rotatable bonds is 3. The second kappa shape index (κ2) is 6.22. The Morgan fingerprint density at radius 2 is 1.74 bits per heavy atom. The van der Waals surface area contributed by atoms with Gasteiger partial charge in [0.05, 0.1) is 0 Å². The van der Waals surface area contributed by atoms with Crippen molar-refractivity contribution in [3.05, 3.63) is 24.3 Å². The quantitative estimate of drug-likeness (QED) is 0.783. The molecule has 0 aliphatic heterocycles. The zero-order valence-electron chi connectivity index (χ0n) is 11.0. The lowest BCUT2D eigenvalue weighted by Crippen LogP contribution is -2.36. The van der Waals surface area contributed by atoms with Gasteiger partial charge in [-0.3, -0.25) is 4.79 Å². The van der Waals surface area contributed by atoms with Gasteiger partial charge in [0, 0.05) is 24.3 Å². The number of hydrogen-bond donors (Lipinski definition) is 3. The Balaban J connectivity index is 1.90. The van der Waals surface area contributed by atoms with Crippen LogP contribution >= 0.6 is 0 Å². The Labute approximate surface area is 112 Å². The molecule has 0 spiro atoms. The van der Waals surface area contributed by atoms with Crippen LogP contribution in [0.2, 0.25) is 0 Å². The zero-order chi connectivity index (χ0) is 13.7. The number of nitrogens with one attached hydrogen (secondary N) is 3. The Bertz CT molecular complexity index is 468. The molecule has 102 valence electrons. The van der Waals surface area contributed by atoms with Gasteiger partial charge in [0.2, 0.25) is 5.91 Å². The van der Waals surface area contributed by atoms with Crippen LogP contribution in [0.5, 0.6) is 0 Å². The maximum absolute atomic E-state index is 11.8. The summed E-state index contributed by atoms with van der Waals surface area (Å²) in [5, 5.41) is 8.41. The highest BCUT2D eigenvalue weighted by Gasteiger charge is 2.16. The van der Waals surface area contributed by atoms with Crippen molar-refractivity contribution in [2.45, 2.75) is 38.6 Å². The smallest absolute Gasteiger partial charge is 0.319 e. The van der Waals surface area contributed by atoms with Crippen LogP contribution in [0.1, 0.15) is 32.6 Å². The Morgan fingerprint density at radius 1 is 1.11 bits per heavy atom. The molecule has 1 aromatic rings. The summed E-state index contributed by atoms with van der Waals surface area (Å²) in [5.41, 5.74) is 1.34. The van der Waals surface area contributed by atoms with Crippen LogP contribution in [-0.2, 0) is 4.79 Å². The number of hydrogen-bond acceptors (Lipinski definition) is 2. The minimum Gasteiger partial charge on any atom is -0.335 e. The van der Waals surface area contributed by atoms with Crippen LogP contribution in [0.25, 0.3) is 0 Å². The van der Waals surface area contributed by atoms with Crippen molar-refractivity contribution in [3.8, 4) is 0 Å². The van der Waals surface area contributed by atoms with Crippen molar-refractivity contribution in [1.29, 1.82) is 0 Å². The van der Waals surface area contributed by atoms with E-state index in [-0.39, 0.29) is 11.9 Å². The lowest BCUT2D eigenvalue weighted by atomic mass is 10.2. The lowest BCUT2D eigenvalue weighted by molar-refractivity contribution is -0.114. The van der Waals surface area contributed by atoms with Crippen LogP contribution in [-0.4, -0.2) is 18.0 Å². The molecular weight excluding hydrogens is 242 g/mol. The second-order valence-electron chi connectivity index (χ2n) is 4.84. The van der Waals surface area contributed by atoms with E-state index in [1.165, 1.54) is 19.8 Å². The second-order valence-corrected chi connectivity index (χ2v) is 4.84. The van der Waals surface area contributed by atoms with E-state index in [1.54, 1.807) is 24.3 Å². The molecule has 5 nitrogen and oxygen atoms in total. The van der Waals surface area contributed by atoms with Crippen molar-refractivity contribution in [2.75, 3.05) is 10.6 Å². The third-order valence-corrected chi connectivity index (χ3v) is 3.13. The van der Waals surface area contributed by atoms with Gasteiger partial charge in [-0.2, -0.15) is 0 Å². The molecule has 19 heavy (non-hydrogen) atoms. The fourth-order valence-electron chi connectivity index (χ4n) is 2.30. The van der Waals surface area contributed by atoms with Crippen molar-refractivity contribution in [3.63, 3.8) is 0 Å². The van der Waals surface area contributed by atoms with Crippen molar-refractivity contribution in [1.82, 2.24) is 5.32 Å². The minimum atomic E-state index is -0.188. The third-order valence-electron chi connectivity index (χ3n) is 3.13. The standard InChI is InChI=1S/C14H19N3O2/c1-10(18)15-12-7-4-8-13(9-12)17-14(19)16-11-5-2-3-6-11/h4,7-9,11H,2-3,5-6H2,1H3,(H,15,18)(H2,16,17,19). The summed E-state index contributed by atoms with van der Waals surface area (Å²) in [4.78, 5) is 22.8. The fraction of sp³-hybridized carbons (Fsp3) is 0.429. The van der Waals surface area contributed by atoms with Gasteiger partial charge in [-0.1, -0.05) is 18.9 Å². The van der Waals surface area contributed by atoms with Crippen molar-refractivity contribution in [2.24, 2.45) is 0 Å². The van der Waals surface area contributed by atoms with Crippen LogP contribution in [0.3, 0.4) is 0 Å².